The summed E-state index contributed by atoms with van der Waals surface area (Å²) < 4.78 is 0. The van der Waals surface area contributed by atoms with Crippen molar-refractivity contribution >= 4 is 0 Å². The third-order valence-electron chi connectivity index (χ3n) is 4.47. The topological polar surface area (TPSA) is 15.3 Å². The molecular formula is C17H28N2. The highest BCUT2D eigenvalue weighted by atomic mass is 15.2. The summed E-state index contributed by atoms with van der Waals surface area (Å²) in [6, 6.07) is 7.31. The van der Waals surface area contributed by atoms with Gasteiger partial charge in [-0.1, -0.05) is 29.3 Å². The van der Waals surface area contributed by atoms with Crippen molar-refractivity contribution in [1.82, 2.24) is 10.2 Å². The first-order valence-electron chi connectivity index (χ1n) is 7.43. The number of likely N-dealkylation sites (tertiary alicyclic amines) is 1. The van der Waals surface area contributed by atoms with Crippen LogP contribution in [-0.2, 0) is 0 Å². The lowest BCUT2D eigenvalue weighted by Gasteiger charge is -2.34. The van der Waals surface area contributed by atoms with Gasteiger partial charge in [0.05, 0.1) is 0 Å². The molecule has 1 aliphatic rings. The number of hydrogen-bond donors (Lipinski definition) is 1. The summed E-state index contributed by atoms with van der Waals surface area (Å²) in [5.74, 6) is 0. The minimum atomic E-state index is 0.355. The Morgan fingerprint density at radius 3 is 2.32 bits per heavy atom. The molecule has 1 N–H and O–H groups in total. The molecule has 2 nitrogen and oxygen atoms in total. The van der Waals surface area contributed by atoms with Crippen LogP contribution in [0.5, 0.6) is 0 Å². The van der Waals surface area contributed by atoms with Crippen LogP contribution in [0.15, 0.2) is 18.2 Å². The first kappa shape index (κ1) is 14.5. The lowest BCUT2D eigenvalue weighted by atomic mass is 9.98. The van der Waals surface area contributed by atoms with E-state index in [1.807, 2.05) is 0 Å². The predicted octanol–water partition coefficient (Wildman–Crippen LogP) is 3.44. The zero-order chi connectivity index (χ0) is 14.0. The number of benzene rings is 1. The molecule has 1 aromatic carbocycles. The minimum absolute atomic E-state index is 0.355. The summed E-state index contributed by atoms with van der Waals surface area (Å²) in [4.78, 5) is 2.63. The molecular weight excluding hydrogens is 232 g/mol. The standard InChI is InChI=1S/C17H28N2/c1-13-9-14(2)11-15(10-13)16(18-5)12-19-8-6-7-17(19,3)4/h9-11,16,18H,6-8,12H2,1-5H3. The SMILES string of the molecule is CNC(CN1CCCC1(C)C)c1cc(C)cc(C)c1. The molecule has 0 saturated carbocycles. The zero-order valence-corrected chi connectivity index (χ0v) is 13.1. The molecule has 2 heteroatoms. The van der Waals surface area contributed by atoms with Gasteiger partial charge >= 0.3 is 0 Å². The largest absolute Gasteiger partial charge is 0.312 e. The van der Waals surface area contributed by atoms with Crippen LogP contribution in [0.2, 0.25) is 0 Å². The molecule has 2 rings (SSSR count). The van der Waals surface area contributed by atoms with Crippen LogP contribution in [0, 0.1) is 13.8 Å². The Morgan fingerprint density at radius 1 is 1.21 bits per heavy atom. The van der Waals surface area contributed by atoms with Crippen molar-refractivity contribution in [2.24, 2.45) is 0 Å². The molecule has 1 aliphatic heterocycles. The van der Waals surface area contributed by atoms with E-state index in [-0.39, 0.29) is 0 Å². The lowest BCUT2D eigenvalue weighted by molar-refractivity contribution is 0.158. The molecule has 106 valence electrons. The maximum atomic E-state index is 3.50. The molecule has 1 aromatic rings. The van der Waals surface area contributed by atoms with Crippen molar-refractivity contribution in [2.45, 2.75) is 52.1 Å². The van der Waals surface area contributed by atoms with Gasteiger partial charge in [0.15, 0.2) is 0 Å². The van der Waals surface area contributed by atoms with Gasteiger partial charge in [-0.25, -0.2) is 0 Å². The second kappa shape index (κ2) is 5.64. The van der Waals surface area contributed by atoms with Crippen LogP contribution >= 0.6 is 0 Å². The smallest absolute Gasteiger partial charge is 0.0447 e. The van der Waals surface area contributed by atoms with Crippen LogP contribution in [0.4, 0.5) is 0 Å². The van der Waals surface area contributed by atoms with Gasteiger partial charge < -0.3 is 5.32 Å². The maximum absolute atomic E-state index is 3.50. The number of rotatable bonds is 4. The Morgan fingerprint density at radius 2 is 1.84 bits per heavy atom. The summed E-state index contributed by atoms with van der Waals surface area (Å²) in [6.07, 6.45) is 2.65. The van der Waals surface area contributed by atoms with E-state index >= 15 is 0 Å². The Labute approximate surface area is 118 Å². The average Bonchev–Trinajstić information content (AvgIpc) is 2.64. The Hall–Kier alpha value is -0.860. The molecule has 19 heavy (non-hydrogen) atoms. The molecule has 0 bridgehead atoms. The summed E-state index contributed by atoms with van der Waals surface area (Å²) in [7, 11) is 2.07. The van der Waals surface area contributed by atoms with Gasteiger partial charge in [-0.3, -0.25) is 4.90 Å². The fourth-order valence-corrected chi connectivity index (χ4v) is 3.30. The molecule has 0 aliphatic carbocycles. The van der Waals surface area contributed by atoms with E-state index < -0.39 is 0 Å². The van der Waals surface area contributed by atoms with Gasteiger partial charge in [-0.2, -0.15) is 0 Å². The van der Waals surface area contributed by atoms with Gasteiger partial charge in [0.2, 0.25) is 0 Å². The summed E-state index contributed by atoms with van der Waals surface area (Å²) >= 11 is 0. The predicted molar refractivity (Wildman–Crippen MR) is 82.6 cm³/mol. The minimum Gasteiger partial charge on any atom is -0.312 e. The van der Waals surface area contributed by atoms with Gasteiger partial charge in [0.1, 0.15) is 0 Å². The highest BCUT2D eigenvalue weighted by molar-refractivity contribution is 5.31. The molecule has 1 atom stereocenters. The number of aryl methyl sites for hydroxylation is 2. The Balaban J connectivity index is 2.16. The lowest BCUT2D eigenvalue weighted by Crippen LogP contribution is -2.43. The van der Waals surface area contributed by atoms with Crippen molar-refractivity contribution < 1.29 is 0 Å². The summed E-state index contributed by atoms with van der Waals surface area (Å²) in [6.45, 7) is 11.4. The normalized spacial score (nSPS) is 20.7. The van der Waals surface area contributed by atoms with Crippen LogP contribution in [0.3, 0.4) is 0 Å². The van der Waals surface area contributed by atoms with Gasteiger partial charge in [-0.05, 0) is 59.7 Å². The van der Waals surface area contributed by atoms with Crippen LogP contribution in [-0.4, -0.2) is 30.6 Å². The first-order valence-corrected chi connectivity index (χ1v) is 7.43. The fourth-order valence-electron chi connectivity index (χ4n) is 3.30. The maximum Gasteiger partial charge on any atom is 0.0447 e. The van der Waals surface area contributed by atoms with Crippen LogP contribution in [0.25, 0.3) is 0 Å². The third-order valence-corrected chi connectivity index (χ3v) is 4.47. The molecule has 0 amide bonds. The monoisotopic (exact) mass is 260 g/mol. The molecule has 0 radical (unpaired) electrons. The number of nitrogens with one attached hydrogen (secondary N) is 1. The zero-order valence-electron chi connectivity index (χ0n) is 13.1. The fraction of sp³-hybridized carbons (Fsp3) is 0.647. The number of likely N-dealkylation sites (N-methyl/N-ethyl adjacent to an activating group) is 1. The number of hydrogen-bond acceptors (Lipinski definition) is 2. The molecule has 1 saturated heterocycles. The molecule has 1 fully saturated rings. The summed E-state index contributed by atoms with van der Waals surface area (Å²) in [5, 5.41) is 3.50. The highest BCUT2D eigenvalue weighted by Crippen LogP contribution is 2.30. The van der Waals surface area contributed by atoms with Crippen molar-refractivity contribution in [3.05, 3.63) is 34.9 Å². The van der Waals surface area contributed by atoms with Crippen LogP contribution in [0.1, 0.15) is 49.4 Å². The molecule has 1 unspecified atom stereocenters. The summed E-state index contributed by atoms with van der Waals surface area (Å²) in [5.41, 5.74) is 4.49. The molecule has 1 heterocycles. The first-order chi connectivity index (χ1) is 8.92. The van der Waals surface area contributed by atoms with Gasteiger partial charge in [0, 0.05) is 18.1 Å². The highest BCUT2D eigenvalue weighted by Gasteiger charge is 2.33. The van der Waals surface area contributed by atoms with Crippen molar-refractivity contribution in [2.75, 3.05) is 20.1 Å². The van der Waals surface area contributed by atoms with E-state index in [9.17, 15) is 0 Å². The van der Waals surface area contributed by atoms with Gasteiger partial charge in [-0.15, -0.1) is 0 Å². The third kappa shape index (κ3) is 3.37. The second-order valence-corrected chi connectivity index (χ2v) is 6.62. The quantitative estimate of drug-likeness (QED) is 0.892. The van der Waals surface area contributed by atoms with E-state index in [4.69, 9.17) is 0 Å². The van der Waals surface area contributed by atoms with E-state index in [0.717, 1.165) is 6.54 Å². The second-order valence-electron chi connectivity index (χ2n) is 6.62. The molecule has 0 spiro atoms. The number of nitrogens with zero attached hydrogens (tertiary/aromatic N) is 1. The average molecular weight is 260 g/mol. The van der Waals surface area contributed by atoms with E-state index in [1.54, 1.807) is 0 Å². The van der Waals surface area contributed by atoms with Crippen molar-refractivity contribution in [3.63, 3.8) is 0 Å². The Bertz CT molecular complexity index is 417. The van der Waals surface area contributed by atoms with Gasteiger partial charge in [0.25, 0.3) is 0 Å². The van der Waals surface area contributed by atoms with E-state index in [2.05, 4.69) is 63.2 Å². The van der Waals surface area contributed by atoms with E-state index in [1.165, 1.54) is 36.1 Å². The van der Waals surface area contributed by atoms with Crippen LogP contribution < -0.4 is 5.32 Å². The van der Waals surface area contributed by atoms with Crippen molar-refractivity contribution in [3.8, 4) is 0 Å². The van der Waals surface area contributed by atoms with E-state index in [0.29, 0.717) is 11.6 Å². The van der Waals surface area contributed by atoms with Crippen molar-refractivity contribution in [1.29, 1.82) is 0 Å². The Kier molecular flexibility index (Phi) is 4.32. The molecule has 0 aromatic heterocycles.